The molecular weight excluding hydrogens is 254 g/mol. The molecule has 4 heteroatoms. The molecule has 3 atom stereocenters. The Morgan fingerprint density at radius 2 is 1.95 bits per heavy atom. The van der Waals surface area contributed by atoms with Gasteiger partial charge in [-0.05, 0) is 43.9 Å². The Balaban J connectivity index is 1.90. The molecule has 1 aliphatic carbocycles. The molecule has 2 fully saturated rings. The second-order valence-electron chi connectivity index (χ2n) is 6.73. The van der Waals surface area contributed by atoms with Gasteiger partial charge in [-0.2, -0.15) is 0 Å². The molecule has 0 radical (unpaired) electrons. The standard InChI is InChI=1S/C16H29NO3/c1-12-4-5-14(10-13(12)2)17-11-16(15(18)19-3)6-8-20-9-7-16/h12-14,17H,4-11H2,1-3H3/t12-,13-,14+/m0/s1. The van der Waals surface area contributed by atoms with Crippen molar-refractivity contribution >= 4 is 5.97 Å². The van der Waals surface area contributed by atoms with Gasteiger partial charge in [0.15, 0.2) is 0 Å². The smallest absolute Gasteiger partial charge is 0.313 e. The van der Waals surface area contributed by atoms with Gasteiger partial charge < -0.3 is 14.8 Å². The van der Waals surface area contributed by atoms with E-state index in [0.29, 0.717) is 19.3 Å². The van der Waals surface area contributed by atoms with Crippen LogP contribution in [0.2, 0.25) is 0 Å². The molecule has 0 aromatic rings. The summed E-state index contributed by atoms with van der Waals surface area (Å²) >= 11 is 0. The molecule has 0 unspecified atom stereocenters. The second-order valence-corrected chi connectivity index (χ2v) is 6.73. The zero-order chi connectivity index (χ0) is 14.6. The van der Waals surface area contributed by atoms with Crippen molar-refractivity contribution in [2.75, 3.05) is 26.9 Å². The molecule has 2 rings (SSSR count). The van der Waals surface area contributed by atoms with E-state index in [2.05, 4.69) is 19.2 Å². The molecule has 116 valence electrons. The fourth-order valence-corrected chi connectivity index (χ4v) is 3.50. The van der Waals surface area contributed by atoms with Gasteiger partial charge in [0, 0.05) is 25.8 Å². The van der Waals surface area contributed by atoms with Gasteiger partial charge in [0.2, 0.25) is 0 Å². The quantitative estimate of drug-likeness (QED) is 0.805. The Morgan fingerprint density at radius 3 is 2.55 bits per heavy atom. The highest BCUT2D eigenvalue weighted by atomic mass is 16.5. The fraction of sp³-hybridized carbons (Fsp3) is 0.938. The summed E-state index contributed by atoms with van der Waals surface area (Å²) in [5, 5.41) is 3.64. The third-order valence-electron chi connectivity index (χ3n) is 5.40. The minimum Gasteiger partial charge on any atom is -0.469 e. The summed E-state index contributed by atoms with van der Waals surface area (Å²) in [6.45, 7) is 6.73. The lowest BCUT2D eigenvalue weighted by Crippen LogP contribution is -2.49. The van der Waals surface area contributed by atoms with Gasteiger partial charge in [0.05, 0.1) is 12.5 Å². The molecule has 1 heterocycles. The van der Waals surface area contributed by atoms with Crippen molar-refractivity contribution in [3.8, 4) is 0 Å². The van der Waals surface area contributed by atoms with Crippen LogP contribution in [-0.2, 0) is 14.3 Å². The van der Waals surface area contributed by atoms with E-state index in [9.17, 15) is 4.79 Å². The van der Waals surface area contributed by atoms with Gasteiger partial charge in [0.25, 0.3) is 0 Å². The molecule has 1 N–H and O–H groups in total. The molecule has 0 bridgehead atoms. The van der Waals surface area contributed by atoms with E-state index in [-0.39, 0.29) is 11.4 Å². The van der Waals surface area contributed by atoms with E-state index in [1.54, 1.807) is 0 Å². The Hall–Kier alpha value is -0.610. The molecule has 1 saturated heterocycles. The second kappa shape index (κ2) is 6.90. The zero-order valence-corrected chi connectivity index (χ0v) is 13.1. The number of esters is 1. The number of hydrogen-bond acceptors (Lipinski definition) is 4. The highest BCUT2D eigenvalue weighted by Crippen LogP contribution is 2.33. The zero-order valence-electron chi connectivity index (χ0n) is 13.1. The fourth-order valence-electron chi connectivity index (χ4n) is 3.50. The summed E-state index contributed by atoms with van der Waals surface area (Å²) < 4.78 is 10.4. The highest BCUT2D eigenvalue weighted by molar-refractivity contribution is 5.77. The number of carbonyl (C=O) groups excluding carboxylic acids is 1. The maximum absolute atomic E-state index is 12.2. The average Bonchev–Trinajstić information content (AvgIpc) is 2.48. The lowest BCUT2D eigenvalue weighted by molar-refractivity contribution is -0.158. The van der Waals surface area contributed by atoms with Crippen LogP contribution in [0, 0.1) is 17.3 Å². The van der Waals surface area contributed by atoms with Crippen molar-refractivity contribution in [3.63, 3.8) is 0 Å². The number of methoxy groups -OCH3 is 1. The topological polar surface area (TPSA) is 47.6 Å². The predicted molar refractivity (Wildman–Crippen MR) is 78.5 cm³/mol. The predicted octanol–water partition coefficient (Wildman–Crippen LogP) is 2.37. The summed E-state index contributed by atoms with van der Waals surface area (Å²) in [7, 11) is 1.49. The van der Waals surface area contributed by atoms with Crippen molar-refractivity contribution in [2.45, 2.75) is 52.0 Å². The van der Waals surface area contributed by atoms with Crippen LogP contribution in [0.4, 0.5) is 0 Å². The Kier molecular flexibility index (Phi) is 5.44. The number of hydrogen-bond donors (Lipinski definition) is 1. The van der Waals surface area contributed by atoms with Crippen molar-refractivity contribution in [1.29, 1.82) is 0 Å². The summed E-state index contributed by atoms with van der Waals surface area (Å²) in [5.74, 6) is 1.52. The van der Waals surface area contributed by atoms with E-state index in [1.165, 1.54) is 26.4 Å². The first-order valence-electron chi connectivity index (χ1n) is 7.97. The van der Waals surface area contributed by atoms with Crippen LogP contribution in [0.1, 0.15) is 46.0 Å². The van der Waals surface area contributed by atoms with Gasteiger partial charge >= 0.3 is 5.97 Å². The van der Waals surface area contributed by atoms with Crippen LogP contribution in [0.15, 0.2) is 0 Å². The summed E-state index contributed by atoms with van der Waals surface area (Å²) in [6.07, 6.45) is 5.26. The summed E-state index contributed by atoms with van der Waals surface area (Å²) in [4.78, 5) is 12.2. The maximum atomic E-state index is 12.2. The molecule has 1 saturated carbocycles. The van der Waals surface area contributed by atoms with E-state index in [0.717, 1.165) is 31.2 Å². The van der Waals surface area contributed by atoms with Crippen LogP contribution in [-0.4, -0.2) is 38.9 Å². The van der Waals surface area contributed by atoms with Crippen molar-refractivity contribution in [2.24, 2.45) is 17.3 Å². The minimum atomic E-state index is -0.376. The Bertz CT molecular complexity index is 326. The molecule has 2 aliphatic rings. The first kappa shape index (κ1) is 15.8. The van der Waals surface area contributed by atoms with E-state index < -0.39 is 0 Å². The van der Waals surface area contributed by atoms with E-state index >= 15 is 0 Å². The summed E-state index contributed by atoms with van der Waals surface area (Å²) in [6, 6.07) is 0.547. The van der Waals surface area contributed by atoms with Gasteiger partial charge in [-0.25, -0.2) is 0 Å². The van der Waals surface area contributed by atoms with Gasteiger partial charge in [0.1, 0.15) is 0 Å². The van der Waals surface area contributed by atoms with Crippen LogP contribution in [0.5, 0.6) is 0 Å². The van der Waals surface area contributed by atoms with Gasteiger partial charge in [-0.15, -0.1) is 0 Å². The molecule has 0 aromatic heterocycles. The van der Waals surface area contributed by atoms with Crippen LogP contribution < -0.4 is 5.32 Å². The lowest BCUT2D eigenvalue weighted by atomic mass is 9.77. The van der Waals surface area contributed by atoms with Crippen molar-refractivity contribution in [3.05, 3.63) is 0 Å². The van der Waals surface area contributed by atoms with E-state index in [4.69, 9.17) is 9.47 Å². The molecule has 4 nitrogen and oxygen atoms in total. The summed E-state index contributed by atoms with van der Waals surface area (Å²) in [5.41, 5.74) is -0.376. The molecule has 1 aliphatic heterocycles. The first-order valence-corrected chi connectivity index (χ1v) is 7.97. The lowest BCUT2D eigenvalue weighted by Gasteiger charge is -2.38. The highest BCUT2D eigenvalue weighted by Gasteiger charge is 2.41. The van der Waals surface area contributed by atoms with Crippen molar-refractivity contribution < 1.29 is 14.3 Å². The SMILES string of the molecule is COC(=O)C1(CN[C@@H]2CC[C@H](C)[C@@H](C)C2)CCOCC1. The number of carbonyl (C=O) groups is 1. The maximum Gasteiger partial charge on any atom is 0.313 e. The van der Waals surface area contributed by atoms with Crippen LogP contribution in [0.3, 0.4) is 0 Å². The Labute approximate surface area is 122 Å². The van der Waals surface area contributed by atoms with Crippen LogP contribution in [0.25, 0.3) is 0 Å². The third-order valence-corrected chi connectivity index (χ3v) is 5.40. The van der Waals surface area contributed by atoms with E-state index in [1.807, 2.05) is 0 Å². The van der Waals surface area contributed by atoms with Crippen LogP contribution >= 0.6 is 0 Å². The van der Waals surface area contributed by atoms with Gasteiger partial charge in [-0.3, -0.25) is 4.79 Å². The largest absolute Gasteiger partial charge is 0.469 e. The number of rotatable bonds is 4. The first-order chi connectivity index (χ1) is 9.57. The van der Waals surface area contributed by atoms with Gasteiger partial charge in [-0.1, -0.05) is 13.8 Å². The Morgan fingerprint density at radius 1 is 1.25 bits per heavy atom. The molecule has 0 aromatic carbocycles. The molecular formula is C16H29NO3. The number of nitrogens with one attached hydrogen (secondary N) is 1. The third kappa shape index (κ3) is 3.53. The molecule has 0 spiro atoms. The number of ether oxygens (including phenoxy) is 2. The van der Waals surface area contributed by atoms with Crippen molar-refractivity contribution in [1.82, 2.24) is 5.32 Å². The minimum absolute atomic E-state index is 0.0782. The monoisotopic (exact) mass is 283 g/mol. The average molecular weight is 283 g/mol. The molecule has 20 heavy (non-hydrogen) atoms. The normalized spacial score (nSPS) is 33.6. The molecule has 0 amide bonds.